The topological polar surface area (TPSA) is 51.4 Å². The Kier molecular flexibility index (Phi) is 6.60. The van der Waals surface area contributed by atoms with Gasteiger partial charge in [-0.15, -0.1) is 11.3 Å². The third-order valence-electron chi connectivity index (χ3n) is 3.19. The largest absolute Gasteiger partial charge is 0.383 e. The number of thiazole rings is 1. The van der Waals surface area contributed by atoms with Gasteiger partial charge in [0.25, 0.3) is 0 Å². The van der Waals surface area contributed by atoms with E-state index in [0.29, 0.717) is 12.6 Å². The number of aryl methyl sites for hydroxylation is 1. The first-order chi connectivity index (χ1) is 8.67. The van der Waals surface area contributed by atoms with Crippen LogP contribution in [-0.4, -0.2) is 31.3 Å². The summed E-state index contributed by atoms with van der Waals surface area (Å²) >= 11 is 1.72. The second-order valence-corrected chi connectivity index (χ2v) is 5.43. The van der Waals surface area contributed by atoms with Crippen molar-refractivity contribution in [3.05, 3.63) is 10.6 Å². The number of rotatable bonds is 8. The molecule has 18 heavy (non-hydrogen) atoms. The maximum Gasteiger partial charge on any atom is 0.186 e. The molecule has 0 radical (unpaired) electrons. The van der Waals surface area contributed by atoms with Crippen LogP contribution >= 0.6 is 11.3 Å². The Balaban J connectivity index is 2.93. The van der Waals surface area contributed by atoms with Crippen molar-refractivity contribution in [1.29, 1.82) is 0 Å². The van der Waals surface area contributed by atoms with Gasteiger partial charge in [-0.25, -0.2) is 4.98 Å². The van der Waals surface area contributed by atoms with Gasteiger partial charge in [0.05, 0.1) is 12.3 Å². The molecule has 0 aliphatic carbocycles. The van der Waals surface area contributed by atoms with Crippen LogP contribution in [0, 0.1) is 0 Å². The first-order valence-corrected chi connectivity index (χ1v) is 7.43. The van der Waals surface area contributed by atoms with Gasteiger partial charge < -0.3 is 15.4 Å². The first kappa shape index (κ1) is 15.4. The summed E-state index contributed by atoms with van der Waals surface area (Å²) in [5, 5.41) is 1.08. The molecule has 4 nitrogen and oxygen atoms in total. The molecule has 2 N–H and O–H groups in total. The maximum absolute atomic E-state index is 5.78. The summed E-state index contributed by atoms with van der Waals surface area (Å²) in [6.07, 6.45) is 2.05. The van der Waals surface area contributed by atoms with Gasteiger partial charge >= 0.3 is 0 Å². The fourth-order valence-electron chi connectivity index (χ4n) is 1.84. The lowest BCUT2D eigenvalue weighted by Crippen LogP contribution is -2.35. The van der Waals surface area contributed by atoms with Crippen molar-refractivity contribution in [2.45, 2.75) is 46.2 Å². The number of hydrogen-bond acceptors (Lipinski definition) is 5. The molecule has 1 heterocycles. The molecule has 1 aromatic rings. The van der Waals surface area contributed by atoms with Crippen molar-refractivity contribution in [1.82, 2.24) is 4.98 Å². The smallest absolute Gasteiger partial charge is 0.186 e. The SMILES string of the molecule is CCc1nc(N(CCOC)C(C)CC)sc1CN. The zero-order chi connectivity index (χ0) is 13.5. The summed E-state index contributed by atoms with van der Waals surface area (Å²) in [4.78, 5) is 8.26. The van der Waals surface area contributed by atoms with E-state index in [1.165, 1.54) is 4.88 Å². The van der Waals surface area contributed by atoms with Gasteiger partial charge in [0.15, 0.2) is 5.13 Å². The fourth-order valence-corrected chi connectivity index (χ4v) is 3.00. The zero-order valence-corrected chi connectivity index (χ0v) is 12.7. The summed E-state index contributed by atoms with van der Waals surface area (Å²) in [5.74, 6) is 0. The van der Waals surface area contributed by atoms with Crippen LogP contribution in [-0.2, 0) is 17.7 Å². The molecule has 104 valence electrons. The molecule has 0 fully saturated rings. The molecular weight excluding hydrogens is 246 g/mol. The highest BCUT2D eigenvalue weighted by Gasteiger charge is 2.18. The Morgan fingerprint density at radius 1 is 1.44 bits per heavy atom. The minimum absolute atomic E-state index is 0.474. The molecule has 0 aromatic carbocycles. The van der Waals surface area contributed by atoms with Crippen LogP contribution < -0.4 is 10.6 Å². The van der Waals surface area contributed by atoms with Gasteiger partial charge in [-0.3, -0.25) is 0 Å². The lowest BCUT2D eigenvalue weighted by Gasteiger charge is -2.27. The minimum atomic E-state index is 0.474. The number of hydrogen-bond donors (Lipinski definition) is 1. The lowest BCUT2D eigenvalue weighted by atomic mass is 10.2. The first-order valence-electron chi connectivity index (χ1n) is 6.62. The van der Waals surface area contributed by atoms with Crippen LogP contribution in [0.15, 0.2) is 0 Å². The Morgan fingerprint density at radius 3 is 2.61 bits per heavy atom. The molecule has 0 aliphatic heterocycles. The van der Waals surface area contributed by atoms with Crippen LogP contribution in [0.5, 0.6) is 0 Å². The van der Waals surface area contributed by atoms with Crippen LogP contribution in [0.4, 0.5) is 5.13 Å². The number of ether oxygens (including phenoxy) is 1. The maximum atomic E-state index is 5.78. The normalized spacial score (nSPS) is 12.7. The third kappa shape index (κ3) is 3.67. The fraction of sp³-hybridized carbons (Fsp3) is 0.769. The molecule has 0 bridgehead atoms. The van der Waals surface area contributed by atoms with E-state index in [4.69, 9.17) is 15.5 Å². The van der Waals surface area contributed by atoms with Gasteiger partial charge in [-0.05, 0) is 19.8 Å². The molecule has 1 rings (SSSR count). The Bertz CT molecular complexity index is 333. The molecule has 0 spiro atoms. The van der Waals surface area contributed by atoms with E-state index in [2.05, 4.69) is 25.7 Å². The Labute approximate surface area is 114 Å². The quantitative estimate of drug-likeness (QED) is 0.789. The zero-order valence-electron chi connectivity index (χ0n) is 11.9. The summed E-state index contributed by atoms with van der Waals surface area (Å²) in [7, 11) is 1.74. The van der Waals surface area contributed by atoms with Gasteiger partial charge in [-0.1, -0.05) is 13.8 Å². The monoisotopic (exact) mass is 271 g/mol. The second kappa shape index (κ2) is 7.71. The highest BCUT2D eigenvalue weighted by atomic mass is 32.1. The van der Waals surface area contributed by atoms with E-state index in [-0.39, 0.29) is 0 Å². The standard InChI is InChI=1S/C13H25N3OS/c1-5-10(3)16(7-8-17-4)13-15-11(6-2)12(9-14)18-13/h10H,5-9,14H2,1-4H3. The van der Waals surface area contributed by atoms with Crippen molar-refractivity contribution in [3.8, 4) is 0 Å². The van der Waals surface area contributed by atoms with Crippen molar-refractivity contribution >= 4 is 16.5 Å². The summed E-state index contributed by atoms with van der Waals surface area (Å²) in [5.41, 5.74) is 6.92. The number of anilines is 1. The van der Waals surface area contributed by atoms with Gasteiger partial charge in [-0.2, -0.15) is 0 Å². The predicted octanol–water partition coefficient (Wildman–Crippen LogP) is 2.42. The number of aromatic nitrogens is 1. The second-order valence-electron chi connectivity index (χ2n) is 4.37. The van der Waals surface area contributed by atoms with Gasteiger partial charge in [0.2, 0.25) is 0 Å². The molecular formula is C13H25N3OS. The van der Waals surface area contributed by atoms with Crippen molar-refractivity contribution in [2.75, 3.05) is 25.2 Å². The summed E-state index contributed by atoms with van der Waals surface area (Å²) in [6, 6.07) is 0.474. The molecule has 0 amide bonds. The molecule has 1 aromatic heterocycles. The lowest BCUT2D eigenvalue weighted by molar-refractivity contribution is 0.203. The van der Waals surface area contributed by atoms with Gasteiger partial charge in [0.1, 0.15) is 0 Å². The molecule has 0 saturated carbocycles. The van der Waals surface area contributed by atoms with Crippen molar-refractivity contribution < 1.29 is 4.74 Å². The predicted molar refractivity (Wildman–Crippen MR) is 78.4 cm³/mol. The van der Waals surface area contributed by atoms with E-state index in [9.17, 15) is 0 Å². The molecule has 5 heteroatoms. The minimum Gasteiger partial charge on any atom is -0.383 e. The molecule has 1 unspecified atom stereocenters. The van der Waals surface area contributed by atoms with Crippen LogP contribution in [0.25, 0.3) is 0 Å². The molecule has 1 atom stereocenters. The number of nitrogens with zero attached hydrogens (tertiary/aromatic N) is 2. The van der Waals surface area contributed by atoms with E-state index >= 15 is 0 Å². The molecule has 0 saturated heterocycles. The summed E-state index contributed by atoms with van der Waals surface area (Å²) < 4.78 is 5.19. The van der Waals surface area contributed by atoms with E-state index in [0.717, 1.165) is 36.8 Å². The van der Waals surface area contributed by atoms with E-state index in [1.54, 1.807) is 18.4 Å². The number of nitrogens with two attached hydrogens (primary N) is 1. The summed E-state index contributed by atoms with van der Waals surface area (Å²) in [6.45, 7) is 8.74. The Morgan fingerprint density at radius 2 is 2.17 bits per heavy atom. The van der Waals surface area contributed by atoms with Crippen LogP contribution in [0.1, 0.15) is 37.8 Å². The van der Waals surface area contributed by atoms with Crippen molar-refractivity contribution in [2.24, 2.45) is 5.73 Å². The van der Waals surface area contributed by atoms with Gasteiger partial charge in [0, 0.05) is 31.1 Å². The van der Waals surface area contributed by atoms with E-state index in [1.807, 2.05) is 0 Å². The van der Waals surface area contributed by atoms with E-state index < -0.39 is 0 Å². The average Bonchev–Trinajstić information content (AvgIpc) is 2.81. The van der Waals surface area contributed by atoms with Crippen LogP contribution in [0.3, 0.4) is 0 Å². The highest BCUT2D eigenvalue weighted by Crippen LogP contribution is 2.28. The highest BCUT2D eigenvalue weighted by molar-refractivity contribution is 7.15. The molecule has 0 aliphatic rings. The average molecular weight is 271 g/mol. The number of methoxy groups -OCH3 is 1. The van der Waals surface area contributed by atoms with Crippen molar-refractivity contribution in [3.63, 3.8) is 0 Å². The Hall–Kier alpha value is -0.650. The third-order valence-corrected chi connectivity index (χ3v) is 4.35. The van der Waals surface area contributed by atoms with Crippen LogP contribution in [0.2, 0.25) is 0 Å².